The number of rotatable bonds is 3. The number of benzene rings is 1. The molecule has 0 spiro atoms. The first-order chi connectivity index (χ1) is 12.5. The van der Waals surface area contributed by atoms with Crippen LogP contribution >= 0.6 is 0 Å². The molecule has 2 fully saturated rings. The van der Waals surface area contributed by atoms with Crippen molar-refractivity contribution in [2.45, 2.75) is 39.5 Å². The molecule has 2 aliphatic heterocycles. The van der Waals surface area contributed by atoms with Crippen LogP contribution in [0.4, 0.5) is 0 Å². The van der Waals surface area contributed by atoms with E-state index in [1.54, 1.807) is 18.2 Å². The Balaban J connectivity index is 1.55. The third-order valence-electron chi connectivity index (χ3n) is 6.03. The molecule has 0 aromatic heterocycles. The third kappa shape index (κ3) is 2.83. The smallest absolute Gasteiger partial charge is 0.261 e. The zero-order valence-corrected chi connectivity index (χ0v) is 15.5. The van der Waals surface area contributed by atoms with Crippen molar-refractivity contribution in [3.8, 4) is 0 Å². The Hall–Kier alpha value is -2.17. The summed E-state index contributed by atoms with van der Waals surface area (Å²) in [6, 6.07) is 4.97. The fourth-order valence-electron chi connectivity index (χ4n) is 4.71. The molecule has 2 atom stereocenters. The number of imide groups is 1. The maximum Gasteiger partial charge on any atom is 0.261 e. The lowest BCUT2D eigenvalue weighted by Gasteiger charge is -2.22. The van der Waals surface area contributed by atoms with Crippen LogP contribution in [0.3, 0.4) is 0 Å². The summed E-state index contributed by atoms with van der Waals surface area (Å²) in [5, 5.41) is 0. The predicted molar refractivity (Wildman–Crippen MR) is 98.0 cm³/mol. The molecular weight excluding hydrogens is 328 g/mol. The molecule has 2 heterocycles. The van der Waals surface area contributed by atoms with E-state index in [2.05, 4.69) is 0 Å². The number of hydrogen-bond acceptors (Lipinski definition) is 3. The van der Waals surface area contributed by atoms with Crippen LogP contribution in [0.15, 0.2) is 18.2 Å². The maximum absolute atomic E-state index is 13.0. The molecule has 0 bridgehead atoms. The minimum atomic E-state index is -0.275. The molecule has 2 unspecified atom stereocenters. The van der Waals surface area contributed by atoms with E-state index in [0.29, 0.717) is 35.1 Å². The van der Waals surface area contributed by atoms with Crippen LogP contribution in [0.2, 0.25) is 0 Å². The Morgan fingerprint density at radius 2 is 1.65 bits per heavy atom. The summed E-state index contributed by atoms with van der Waals surface area (Å²) in [4.78, 5) is 41.3. The molecule has 4 rings (SSSR count). The lowest BCUT2D eigenvalue weighted by atomic mass is 9.82. The van der Waals surface area contributed by atoms with E-state index in [1.165, 1.54) is 30.6 Å². The maximum atomic E-state index is 13.0. The van der Waals surface area contributed by atoms with Gasteiger partial charge in [-0.2, -0.15) is 0 Å². The van der Waals surface area contributed by atoms with E-state index in [0.717, 1.165) is 13.1 Å². The molecule has 5 nitrogen and oxygen atoms in total. The topological polar surface area (TPSA) is 57.7 Å². The SMILES string of the molecule is CC(C)CN1C(=O)c2ccc(C(=O)N3CC4CCCCC4C3)cc2C1=O. The van der Waals surface area contributed by atoms with Crippen LogP contribution in [0.25, 0.3) is 0 Å². The van der Waals surface area contributed by atoms with Gasteiger partial charge < -0.3 is 4.90 Å². The average molecular weight is 354 g/mol. The Morgan fingerprint density at radius 3 is 2.27 bits per heavy atom. The Morgan fingerprint density at radius 1 is 1.04 bits per heavy atom. The second-order valence-electron chi connectivity index (χ2n) is 8.39. The third-order valence-corrected chi connectivity index (χ3v) is 6.03. The molecule has 3 amide bonds. The molecular formula is C21H26N2O3. The van der Waals surface area contributed by atoms with Crippen LogP contribution < -0.4 is 0 Å². The van der Waals surface area contributed by atoms with Crippen molar-refractivity contribution in [3.63, 3.8) is 0 Å². The van der Waals surface area contributed by atoms with Crippen LogP contribution in [-0.4, -0.2) is 47.2 Å². The summed E-state index contributed by atoms with van der Waals surface area (Å²) in [6.07, 6.45) is 4.97. The quantitative estimate of drug-likeness (QED) is 0.783. The van der Waals surface area contributed by atoms with Gasteiger partial charge in [0.1, 0.15) is 0 Å². The molecule has 1 aliphatic carbocycles. The van der Waals surface area contributed by atoms with E-state index >= 15 is 0 Å². The van der Waals surface area contributed by atoms with Crippen molar-refractivity contribution in [2.24, 2.45) is 17.8 Å². The van der Waals surface area contributed by atoms with E-state index in [4.69, 9.17) is 0 Å². The molecule has 1 aromatic carbocycles. The van der Waals surface area contributed by atoms with Gasteiger partial charge in [-0.1, -0.05) is 26.7 Å². The highest BCUT2D eigenvalue weighted by Crippen LogP contribution is 2.36. The molecule has 1 aromatic rings. The number of fused-ring (bicyclic) bond motifs is 2. The Bertz CT molecular complexity index is 757. The molecule has 3 aliphatic rings. The number of carbonyl (C=O) groups is 3. The lowest BCUT2D eigenvalue weighted by molar-refractivity contribution is 0.0636. The summed E-state index contributed by atoms with van der Waals surface area (Å²) >= 11 is 0. The first-order valence-electron chi connectivity index (χ1n) is 9.75. The molecule has 0 radical (unpaired) electrons. The standard InChI is InChI=1S/C21H26N2O3/c1-13(2)10-23-20(25)17-8-7-14(9-18(17)21(23)26)19(24)22-11-15-5-3-4-6-16(15)12-22/h7-9,13,15-16H,3-6,10-12H2,1-2H3. The first kappa shape index (κ1) is 17.3. The van der Waals surface area contributed by atoms with Gasteiger partial charge in [0.05, 0.1) is 11.1 Å². The molecule has 5 heteroatoms. The summed E-state index contributed by atoms with van der Waals surface area (Å²) in [7, 11) is 0. The highest BCUT2D eigenvalue weighted by atomic mass is 16.2. The van der Waals surface area contributed by atoms with Gasteiger partial charge in [-0.25, -0.2) is 0 Å². The van der Waals surface area contributed by atoms with Crippen LogP contribution in [0.5, 0.6) is 0 Å². The summed E-state index contributed by atoms with van der Waals surface area (Å²) < 4.78 is 0. The minimum Gasteiger partial charge on any atom is -0.338 e. The van der Waals surface area contributed by atoms with Crippen molar-refractivity contribution >= 4 is 17.7 Å². The highest BCUT2D eigenvalue weighted by Gasteiger charge is 2.39. The molecule has 26 heavy (non-hydrogen) atoms. The summed E-state index contributed by atoms with van der Waals surface area (Å²) in [5.41, 5.74) is 1.32. The van der Waals surface area contributed by atoms with Crippen molar-refractivity contribution in [1.29, 1.82) is 0 Å². The molecule has 1 saturated carbocycles. The second kappa shape index (κ2) is 6.53. The van der Waals surface area contributed by atoms with Gasteiger partial charge in [-0.3, -0.25) is 19.3 Å². The highest BCUT2D eigenvalue weighted by molar-refractivity contribution is 6.22. The number of carbonyl (C=O) groups excluding carboxylic acids is 3. The van der Waals surface area contributed by atoms with E-state index < -0.39 is 0 Å². The molecule has 0 N–H and O–H groups in total. The predicted octanol–water partition coefficient (Wildman–Crippen LogP) is 3.20. The summed E-state index contributed by atoms with van der Waals surface area (Å²) in [6.45, 7) is 6.02. The second-order valence-corrected chi connectivity index (χ2v) is 8.39. The van der Waals surface area contributed by atoms with Gasteiger partial charge in [-0.05, 0) is 48.8 Å². The molecule has 1 saturated heterocycles. The minimum absolute atomic E-state index is 0.00948. The average Bonchev–Trinajstić information content (AvgIpc) is 3.16. The number of hydrogen-bond donors (Lipinski definition) is 0. The van der Waals surface area contributed by atoms with Gasteiger partial charge in [0, 0.05) is 25.2 Å². The largest absolute Gasteiger partial charge is 0.338 e. The molecule has 138 valence electrons. The van der Waals surface area contributed by atoms with E-state index in [1.807, 2.05) is 18.7 Å². The zero-order chi connectivity index (χ0) is 18.4. The zero-order valence-electron chi connectivity index (χ0n) is 15.5. The van der Waals surface area contributed by atoms with Gasteiger partial charge >= 0.3 is 0 Å². The Labute approximate surface area is 154 Å². The number of nitrogens with zero attached hydrogens (tertiary/aromatic N) is 2. The lowest BCUT2D eigenvalue weighted by Crippen LogP contribution is -2.33. The summed E-state index contributed by atoms with van der Waals surface area (Å²) in [5.74, 6) is 0.947. The fraction of sp³-hybridized carbons (Fsp3) is 0.571. The fourth-order valence-corrected chi connectivity index (χ4v) is 4.71. The first-order valence-corrected chi connectivity index (χ1v) is 9.75. The van der Waals surface area contributed by atoms with Crippen LogP contribution in [0.1, 0.15) is 70.6 Å². The number of amides is 3. The Kier molecular flexibility index (Phi) is 4.33. The normalized spacial score (nSPS) is 25.0. The van der Waals surface area contributed by atoms with Crippen molar-refractivity contribution < 1.29 is 14.4 Å². The van der Waals surface area contributed by atoms with Crippen LogP contribution in [0, 0.1) is 17.8 Å². The van der Waals surface area contributed by atoms with Crippen LogP contribution in [-0.2, 0) is 0 Å². The van der Waals surface area contributed by atoms with E-state index in [9.17, 15) is 14.4 Å². The van der Waals surface area contributed by atoms with Crippen molar-refractivity contribution in [3.05, 3.63) is 34.9 Å². The van der Waals surface area contributed by atoms with Gasteiger partial charge in [0.15, 0.2) is 0 Å². The van der Waals surface area contributed by atoms with Gasteiger partial charge in [0.25, 0.3) is 17.7 Å². The monoisotopic (exact) mass is 354 g/mol. The van der Waals surface area contributed by atoms with Gasteiger partial charge in [0.2, 0.25) is 0 Å². The van der Waals surface area contributed by atoms with E-state index in [-0.39, 0.29) is 23.6 Å². The van der Waals surface area contributed by atoms with Gasteiger partial charge in [-0.15, -0.1) is 0 Å². The van der Waals surface area contributed by atoms with Crippen molar-refractivity contribution in [1.82, 2.24) is 9.80 Å². The van der Waals surface area contributed by atoms with Crippen molar-refractivity contribution in [2.75, 3.05) is 19.6 Å². The number of likely N-dealkylation sites (tertiary alicyclic amines) is 1.